The van der Waals surface area contributed by atoms with Gasteiger partial charge in [-0.1, -0.05) is 0 Å². The Balaban J connectivity index is 0. The van der Waals surface area contributed by atoms with Crippen LogP contribution in [-0.2, 0) is 4.84 Å². The molecule has 0 fully saturated rings. The highest BCUT2D eigenvalue weighted by Gasteiger charge is 1.69. The quantitative estimate of drug-likeness (QED) is 0.380. The maximum Gasteiger partial charge on any atom is 0.0814 e. The van der Waals surface area contributed by atoms with Crippen molar-refractivity contribution in [3.05, 3.63) is 0 Å². The normalized spacial score (nSPS) is 7.00. The Labute approximate surface area is 41.3 Å². The zero-order chi connectivity index (χ0) is 4.12. The maximum atomic E-state index is 5.10. The third-order valence-corrected chi connectivity index (χ3v) is 0.349. The van der Waals surface area contributed by atoms with E-state index in [0.717, 1.165) is 0 Å². The second-order valence-corrected chi connectivity index (χ2v) is 0.938. The van der Waals surface area contributed by atoms with Crippen LogP contribution in [0.1, 0.15) is 0 Å². The number of hydrogen-bond acceptors (Lipinski definition) is 2. The zero-order valence-corrected chi connectivity index (χ0v) is 4.03. The molecule has 0 radical (unpaired) electrons. The molecule has 0 saturated heterocycles. The van der Waals surface area contributed by atoms with E-state index in [9.17, 15) is 0 Å². The first kappa shape index (κ1) is 9.48. The number of nitrogens with two attached hydrogens (primary N) is 1. The highest BCUT2D eigenvalue weighted by molar-refractivity contribution is 6.17. The van der Waals surface area contributed by atoms with E-state index in [-0.39, 0.29) is 5.48 Å². The Hall–Kier alpha value is 0.170. The Morgan fingerprint density at radius 1 is 1.67 bits per heavy atom. The largest absolute Gasteiger partial charge is 0.412 e. The summed E-state index contributed by atoms with van der Waals surface area (Å²) in [6.07, 6.45) is 0. The summed E-state index contributed by atoms with van der Waals surface area (Å²) in [7, 11) is 0. The molecule has 0 unspecified atom stereocenters. The van der Waals surface area contributed by atoms with Crippen molar-refractivity contribution in [3.8, 4) is 0 Å². The van der Waals surface area contributed by atoms with E-state index in [1.54, 1.807) is 0 Å². The van der Waals surface area contributed by atoms with Gasteiger partial charge in [0.25, 0.3) is 0 Å². The molecule has 0 atom stereocenters. The first-order chi connectivity index (χ1) is 2.41. The molecule has 0 aliphatic rings. The molecule has 0 aromatic rings. The van der Waals surface area contributed by atoms with Crippen molar-refractivity contribution in [2.45, 2.75) is 0 Å². The standard InChI is InChI=1S/C2H6ClNO.H2O/c3-1-2-5-4;/h1-2,4H2;1H2. The molecular weight excluding hydrogens is 105 g/mol. The van der Waals surface area contributed by atoms with Gasteiger partial charge in [-0.15, -0.1) is 11.6 Å². The van der Waals surface area contributed by atoms with Gasteiger partial charge in [-0.25, -0.2) is 5.90 Å². The van der Waals surface area contributed by atoms with Crippen molar-refractivity contribution in [1.29, 1.82) is 0 Å². The summed E-state index contributed by atoms with van der Waals surface area (Å²) in [5, 5.41) is 0. The fourth-order valence-electron chi connectivity index (χ4n) is 0.0445. The molecule has 6 heavy (non-hydrogen) atoms. The summed E-state index contributed by atoms with van der Waals surface area (Å²) in [6, 6.07) is 0. The fraction of sp³-hybridized carbons (Fsp3) is 1.00. The molecule has 0 spiro atoms. The fourth-order valence-corrected chi connectivity index (χ4v) is 0.134. The molecule has 0 aromatic carbocycles. The number of halogens is 1. The van der Waals surface area contributed by atoms with Gasteiger partial charge in [0.05, 0.1) is 6.61 Å². The van der Waals surface area contributed by atoms with Crippen LogP contribution in [0.25, 0.3) is 0 Å². The van der Waals surface area contributed by atoms with Crippen LogP contribution in [-0.4, -0.2) is 18.0 Å². The number of hydrogen-bond donors (Lipinski definition) is 1. The van der Waals surface area contributed by atoms with E-state index >= 15 is 0 Å². The third kappa shape index (κ3) is 8.90. The molecule has 0 aliphatic heterocycles. The topological polar surface area (TPSA) is 66.8 Å². The minimum Gasteiger partial charge on any atom is -0.412 e. The Kier molecular flexibility index (Phi) is 14.1. The van der Waals surface area contributed by atoms with Crippen molar-refractivity contribution < 1.29 is 10.3 Å². The molecule has 0 aromatic heterocycles. The average Bonchev–Trinajstić information content (AvgIpc) is 1.41. The summed E-state index contributed by atoms with van der Waals surface area (Å²) in [4.78, 5) is 4.06. The van der Waals surface area contributed by atoms with Crippen LogP contribution < -0.4 is 5.90 Å². The van der Waals surface area contributed by atoms with Gasteiger partial charge < -0.3 is 10.3 Å². The van der Waals surface area contributed by atoms with Crippen LogP contribution in [0, 0.1) is 0 Å². The minimum absolute atomic E-state index is 0. The van der Waals surface area contributed by atoms with Crippen LogP contribution in [0.15, 0.2) is 0 Å². The Bertz CT molecular complexity index is 19.0. The molecule has 0 saturated carbocycles. The molecule has 0 rings (SSSR count). The summed E-state index contributed by atoms with van der Waals surface area (Å²) < 4.78 is 0. The monoisotopic (exact) mass is 113 g/mol. The van der Waals surface area contributed by atoms with Gasteiger partial charge in [-0.3, -0.25) is 0 Å². The third-order valence-electron chi connectivity index (χ3n) is 0.195. The van der Waals surface area contributed by atoms with Crippen molar-refractivity contribution in [1.82, 2.24) is 0 Å². The summed E-state index contributed by atoms with van der Waals surface area (Å²) in [5.74, 6) is 5.02. The molecule has 3 nitrogen and oxygen atoms in total. The smallest absolute Gasteiger partial charge is 0.0814 e. The molecule has 0 heterocycles. The SMILES string of the molecule is NOCCCl.O. The lowest BCUT2D eigenvalue weighted by molar-refractivity contribution is 0.154. The van der Waals surface area contributed by atoms with E-state index in [1.165, 1.54) is 0 Å². The van der Waals surface area contributed by atoms with Crippen LogP contribution in [0.4, 0.5) is 0 Å². The summed E-state index contributed by atoms with van der Waals surface area (Å²) in [5.41, 5.74) is 0. The molecular formula is C2H8ClNO2. The lowest BCUT2D eigenvalue weighted by atomic mass is 10.9. The number of rotatable bonds is 2. The van der Waals surface area contributed by atoms with Gasteiger partial charge in [0.15, 0.2) is 0 Å². The van der Waals surface area contributed by atoms with E-state index in [1.807, 2.05) is 0 Å². The average molecular weight is 114 g/mol. The Morgan fingerprint density at radius 2 is 2.17 bits per heavy atom. The van der Waals surface area contributed by atoms with Gasteiger partial charge >= 0.3 is 0 Å². The summed E-state index contributed by atoms with van der Waals surface area (Å²) >= 11 is 5.10. The second kappa shape index (κ2) is 8.95. The highest BCUT2D eigenvalue weighted by Crippen LogP contribution is 1.68. The first-order valence-electron chi connectivity index (χ1n) is 1.29. The number of alkyl halides is 1. The molecule has 0 amide bonds. The van der Waals surface area contributed by atoms with Crippen molar-refractivity contribution in [3.63, 3.8) is 0 Å². The molecule has 0 bridgehead atoms. The molecule has 4 heteroatoms. The van der Waals surface area contributed by atoms with Crippen molar-refractivity contribution >= 4 is 11.6 Å². The van der Waals surface area contributed by atoms with Gasteiger partial charge in [-0.05, 0) is 0 Å². The Morgan fingerprint density at radius 3 is 2.17 bits per heavy atom. The molecule has 4 N–H and O–H groups in total. The van der Waals surface area contributed by atoms with Crippen LogP contribution in [0.3, 0.4) is 0 Å². The van der Waals surface area contributed by atoms with E-state index in [0.29, 0.717) is 12.5 Å². The van der Waals surface area contributed by atoms with Crippen LogP contribution in [0.5, 0.6) is 0 Å². The minimum atomic E-state index is 0. The van der Waals surface area contributed by atoms with Crippen LogP contribution >= 0.6 is 11.6 Å². The molecule has 0 aliphatic carbocycles. The van der Waals surface area contributed by atoms with E-state index < -0.39 is 0 Å². The van der Waals surface area contributed by atoms with Crippen molar-refractivity contribution in [2.75, 3.05) is 12.5 Å². The second-order valence-electron chi connectivity index (χ2n) is 0.560. The van der Waals surface area contributed by atoms with Gasteiger partial charge in [0.2, 0.25) is 0 Å². The molecule has 40 valence electrons. The zero-order valence-electron chi connectivity index (χ0n) is 3.28. The van der Waals surface area contributed by atoms with Gasteiger partial charge in [0.1, 0.15) is 0 Å². The maximum absolute atomic E-state index is 5.10. The van der Waals surface area contributed by atoms with E-state index in [2.05, 4.69) is 10.7 Å². The van der Waals surface area contributed by atoms with Crippen LogP contribution in [0.2, 0.25) is 0 Å². The van der Waals surface area contributed by atoms with Gasteiger partial charge in [-0.2, -0.15) is 0 Å². The summed E-state index contributed by atoms with van der Waals surface area (Å²) in [6.45, 7) is 0.432. The van der Waals surface area contributed by atoms with E-state index in [4.69, 9.17) is 11.6 Å². The predicted octanol–water partition coefficient (Wildman–Crippen LogP) is -0.709. The van der Waals surface area contributed by atoms with Crippen molar-refractivity contribution in [2.24, 2.45) is 5.90 Å². The lowest BCUT2D eigenvalue weighted by Crippen LogP contribution is -2.00. The lowest BCUT2D eigenvalue weighted by Gasteiger charge is -1.82. The first-order valence-corrected chi connectivity index (χ1v) is 1.83. The highest BCUT2D eigenvalue weighted by atomic mass is 35.5. The predicted molar refractivity (Wildman–Crippen MR) is 24.5 cm³/mol. The van der Waals surface area contributed by atoms with Gasteiger partial charge in [0, 0.05) is 5.88 Å².